The topological polar surface area (TPSA) is 21.3 Å². The fourth-order valence-corrected chi connectivity index (χ4v) is 2.49. The first kappa shape index (κ1) is 10.0. The Morgan fingerprint density at radius 2 is 2.36 bits per heavy atom. The SMILES string of the molecule is C#CC(C)NC1CCOC2(CCC2)C1. The summed E-state index contributed by atoms with van der Waals surface area (Å²) in [5.41, 5.74) is 0.226. The zero-order valence-electron chi connectivity index (χ0n) is 8.88. The Morgan fingerprint density at radius 1 is 1.57 bits per heavy atom. The average Bonchev–Trinajstić information content (AvgIpc) is 2.16. The van der Waals surface area contributed by atoms with Gasteiger partial charge in [-0.1, -0.05) is 5.92 Å². The van der Waals surface area contributed by atoms with Crippen LogP contribution in [0.15, 0.2) is 0 Å². The van der Waals surface area contributed by atoms with Gasteiger partial charge in [0.25, 0.3) is 0 Å². The van der Waals surface area contributed by atoms with Crippen LogP contribution in [-0.4, -0.2) is 24.3 Å². The predicted octanol–water partition coefficient (Wildman–Crippen LogP) is 1.70. The molecule has 2 aliphatic rings. The molecule has 0 bridgehead atoms. The van der Waals surface area contributed by atoms with Gasteiger partial charge in [0.05, 0.1) is 11.6 Å². The van der Waals surface area contributed by atoms with Gasteiger partial charge in [0.1, 0.15) is 0 Å². The Balaban J connectivity index is 1.85. The van der Waals surface area contributed by atoms with Crippen molar-refractivity contribution < 1.29 is 4.74 Å². The molecule has 0 radical (unpaired) electrons. The van der Waals surface area contributed by atoms with E-state index in [9.17, 15) is 0 Å². The van der Waals surface area contributed by atoms with E-state index in [1.807, 2.05) is 6.92 Å². The van der Waals surface area contributed by atoms with Gasteiger partial charge >= 0.3 is 0 Å². The fourth-order valence-electron chi connectivity index (χ4n) is 2.49. The minimum atomic E-state index is 0.190. The second kappa shape index (κ2) is 3.92. The van der Waals surface area contributed by atoms with Crippen LogP contribution in [0.3, 0.4) is 0 Å². The van der Waals surface area contributed by atoms with Crippen LogP contribution in [0.2, 0.25) is 0 Å². The van der Waals surface area contributed by atoms with Crippen LogP contribution >= 0.6 is 0 Å². The summed E-state index contributed by atoms with van der Waals surface area (Å²) in [6.45, 7) is 2.94. The summed E-state index contributed by atoms with van der Waals surface area (Å²) in [7, 11) is 0. The Morgan fingerprint density at radius 3 is 2.93 bits per heavy atom. The number of ether oxygens (including phenoxy) is 1. The lowest BCUT2D eigenvalue weighted by Gasteiger charge is -2.47. The van der Waals surface area contributed by atoms with Crippen molar-refractivity contribution in [3.05, 3.63) is 0 Å². The van der Waals surface area contributed by atoms with Crippen molar-refractivity contribution in [2.24, 2.45) is 0 Å². The van der Waals surface area contributed by atoms with Crippen molar-refractivity contribution >= 4 is 0 Å². The molecule has 2 rings (SSSR count). The lowest BCUT2D eigenvalue weighted by Crippen LogP contribution is -2.52. The molecular formula is C12H19NO. The van der Waals surface area contributed by atoms with E-state index >= 15 is 0 Å². The van der Waals surface area contributed by atoms with E-state index in [1.54, 1.807) is 0 Å². The summed E-state index contributed by atoms with van der Waals surface area (Å²) in [6.07, 6.45) is 11.4. The largest absolute Gasteiger partial charge is 0.375 e. The molecule has 1 aliphatic heterocycles. The zero-order chi connectivity index (χ0) is 10.0. The normalized spacial score (nSPS) is 31.9. The minimum absolute atomic E-state index is 0.190. The van der Waals surface area contributed by atoms with Crippen LogP contribution < -0.4 is 5.32 Å². The maximum Gasteiger partial charge on any atom is 0.0697 e. The lowest BCUT2D eigenvalue weighted by atomic mass is 9.74. The van der Waals surface area contributed by atoms with Crippen molar-refractivity contribution in [2.45, 2.75) is 56.7 Å². The van der Waals surface area contributed by atoms with Gasteiger partial charge in [-0.25, -0.2) is 0 Å². The highest BCUT2D eigenvalue weighted by molar-refractivity contribution is 5.01. The molecule has 1 heterocycles. The fraction of sp³-hybridized carbons (Fsp3) is 0.833. The molecule has 2 atom stereocenters. The summed E-state index contributed by atoms with van der Waals surface area (Å²) >= 11 is 0. The summed E-state index contributed by atoms with van der Waals surface area (Å²) in [4.78, 5) is 0. The molecule has 2 fully saturated rings. The Kier molecular flexibility index (Phi) is 2.80. The molecule has 2 unspecified atom stereocenters. The van der Waals surface area contributed by atoms with Crippen molar-refractivity contribution in [3.8, 4) is 12.3 Å². The molecule has 1 N–H and O–H groups in total. The molecule has 0 aromatic carbocycles. The summed E-state index contributed by atoms with van der Waals surface area (Å²) in [5, 5.41) is 3.48. The molecule has 1 saturated carbocycles. The third kappa shape index (κ3) is 1.94. The second-order valence-electron chi connectivity index (χ2n) is 4.63. The Labute approximate surface area is 86.4 Å². The van der Waals surface area contributed by atoms with Gasteiger partial charge in [-0.2, -0.15) is 0 Å². The van der Waals surface area contributed by atoms with E-state index in [0.29, 0.717) is 6.04 Å². The van der Waals surface area contributed by atoms with Crippen LogP contribution in [0.5, 0.6) is 0 Å². The maximum absolute atomic E-state index is 5.86. The summed E-state index contributed by atoms with van der Waals surface area (Å²) in [5.74, 6) is 2.72. The van der Waals surface area contributed by atoms with E-state index in [-0.39, 0.29) is 11.6 Å². The second-order valence-corrected chi connectivity index (χ2v) is 4.63. The first-order valence-electron chi connectivity index (χ1n) is 5.60. The van der Waals surface area contributed by atoms with E-state index in [4.69, 9.17) is 11.2 Å². The van der Waals surface area contributed by atoms with Gasteiger partial charge in [-0.3, -0.25) is 0 Å². The average molecular weight is 193 g/mol. The molecule has 1 aliphatic carbocycles. The Bertz CT molecular complexity index is 239. The van der Waals surface area contributed by atoms with Gasteiger partial charge < -0.3 is 10.1 Å². The maximum atomic E-state index is 5.86. The quantitative estimate of drug-likeness (QED) is 0.674. The standard InChI is InChI=1S/C12H19NO/c1-3-10(2)13-11-5-8-14-12(9-11)6-4-7-12/h1,10-11,13H,4-9H2,2H3. The van der Waals surface area contributed by atoms with Crippen LogP contribution in [0, 0.1) is 12.3 Å². The van der Waals surface area contributed by atoms with Gasteiger partial charge in [0.2, 0.25) is 0 Å². The summed E-state index contributed by atoms with van der Waals surface area (Å²) < 4.78 is 5.86. The highest BCUT2D eigenvalue weighted by Gasteiger charge is 2.42. The highest BCUT2D eigenvalue weighted by Crippen LogP contribution is 2.42. The first-order valence-corrected chi connectivity index (χ1v) is 5.60. The molecule has 14 heavy (non-hydrogen) atoms. The molecule has 78 valence electrons. The van der Waals surface area contributed by atoms with Gasteiger partial charge in [0, 0.05) is 12.6 Å². The van der Waals surface area contributed by atoms with Crippen molar-refractivity contribution in [1.29, 1.82) is 0 Å². The van der Waals surface area contributed by atoms with E-state index < -0.39 is 0 Å². The molecular weight excluding hydrogens is 174 g/mol. The first-order chi connectivity index (χ1) is 6.74. The van der Waals surface area contributed by atoms with Crippen LogP contribution in [0.4, 0.5) is 0 Å². The van der Waals surface area contributed by atoms with Crippen LogP contribution in [0.25, 0.3) is 0 Å². The van der Waals surface area contributed by atoms with Crippen molar-refractivity contribution in [2.75, 3.05) is 6.61 Å². The third-order valence-electron chi connectivity index (χ3n) is 3.49. The van der Waals surface area contributed by atoms with E-state index in [1.165, 1.54) is 19.3 Å². The summed E-state index contributed by atoms with van der Waals surface area (Å²) in [6, 6.07) is 0.755. The van der Waals surface area contributed by atoms with Crippen molar-refractivity contribution in [1.82, 2.24) is 5.32 Å². The lowest BCUT2D eigenvalue weighted by molar-refractivity contribution is -0.135. The molecule has 1 saturated heterocycles. The Hall–Kier alpha value is -0.520. The molecule has 2 heteroatoms. The minimum Gasteiger partial charge on any atom is -0.375 e. The molecule has 1 spiro atoms. The van der Waals surface area contributed by atoms with Crippen LogP contribution in [-0.2, 0) is 4.74 Å². The number of hydrogen-bond acceptors (Lipinski definition) is 2. The number of rotatable bonds is 2. The van der Waals surface area contributed by atoms with Gasteiger partial charge in [-0.15, -0.1) is 6.42 Å². The van der Waals surface area contributed by atoms with Gasteiger partial charge in [0.15, 0.2) is 0 Å². The number of terminal acetylenes is 1. The monoisotopic (exact) mass is 193 g/mol. The highest BCUT2D eigenvalue weighted by atomic mass is 16.5. The molecule has 0 aromatic rings. The van der Waals surface area contributed by atoms with Crippen molar-refractivity contribution in [3.63, 3.8) is 0 Å². The smallest absolute Gasteiger partial charge is 0.0697 e. The van der Waals surface area contributed by atoms with Gasteiger partial charge in [-0.05, 0) is 39.0 Å². The molecule has 0 amide bonds. The molecule has 0 aromatic heterocycles. The number of nitrogens with one attached hydrogen (secondary N) is 1. The predicted molar refractivity (Wildman–Crippen MR) is 57.0 cm³/mol. The van der Waals surface area contributed by atoms with E-state index in [0.717, 1.165) is 19.4 Å². The van der Waals surface area contributed by atoms with Crippen LogP contribution in [0.1, 0.15) is 39.0 Å². The zero-order valence-corrected chi connectivity index (χ0v) is 8.88. The van der Waals surface area contributed by atoms with E-state index in [2.05, 4.69) is 11.2 Å². The third-order valence-corrected chi connectivity index (χ3v) is 3.49. The number of hydrogen-bond donors (Lipinski definition) is 1. The molecule has 2 nitrogen and oxygen atoms in total.